The highest BCUT2D eigenvalue weighted by atomic mass is 32.1. The zero-order valence-corrected chi connectivity index (χ0v) is 19.7. The van der Waals surface area contributed by atoms with Gasteiger partial charge in [-0.3, -0.25) is 14.5 Å². The number of carbonyl (C=O) groups is 2. The van der Waals surface area contributed by atoms with Gasteiger partial charge in [-0.25, -0.2) is 4.98 Å². The Morgan fingerprint density at radius 3 is 2.56 bits per heavy atom. The van der Waals surface area contributed by atoms with E-state index in [1.54, 1.807) is 24.6 Å². The minimum Gasteiger partial charge on any atom is -0.495 e. The number of methoxy groups -OCH3 is 1. The van der Waals surface area contributed by atoms with Gasteiger partial charge in [0.05, 0.1) is 24.9 Å². The number of para-hydroxylation sites is 2. The number of nitrogens with zero attached hydrogens (tertiary/aromatic N) is 2. The molecule has 4 rings (SSSR count). The maximum absolute atomic E-state index is 12.3. The van der Waals surface area contributed by atoms with Crippen LogP contribution in [-0.4, -0.2) is 24.0 Å². The molecule has 0 radical (unpaired) electrons. The molecule has 7 nitrogen and oxygen atoms in total. The summed E-state index contributed by atoms with van der Waals surface area (Å²) in [6.45, 7) is 1.49. The van der Waals surface area contributed by atoms with Crippen LogP contribution < -0.4 is 9.64 Å². The minimum absolute atomic E-state index is 0.0282. The van der Waals surface area contributed by atoms with Gasteiger partial charge in [-0.05, 0) is 24.3 Å². The number of benzene rings is 2. The lowest BCUT2D eigenvalue weighted by Gasteiger charge is -2.20. The topological polar surface area (TPSA) is 81.9 Å². The molecule has 2 heterocycles. The third-order valence-electron chi connectivity index (χ3n) is 5.05. The van der Waals surface area contributed by atoms with Crippen LogP contribution in [0.25, 0.3) is 11.3 Å². The number of amides is 1. The van der Waals surface area contributed by atoms with Gasteiger partial charge in [0.15, 0.2) is 5.13 Å². The standard InChI is InChI=1S/C26H24N2O5S/c1-18(29)28(22-10-6-7-11-24(22)31-2)26-27-20(17-34-26)16-32-25(30)15-13-21-12-14-23(33-21)19-8-4-3-5-9-19/h3-12,14,17H,13,15-16H2,1-2H3. The van der Waals surface area contributed by atoms with Crippen molar-refractivity contribution in [3.8, 4) is 17.1 Å². The number of anilines is 2. The summed E-state index contributed by atoms with van der Waals surface area (Å²) in [5.74, 6) is 1.51. The van der Waals surface area contributed by atoms with Gasteiger partial charge in [-0.15, -0.1) is 11.3 Å². The van der Waals surface area contributed by atoms with Crippen LogP contribution in [0.1, 0.15) is 24.8 Å². The lowest BCUT2D eigenvalue weighted by Crippen LogP contribution is -2.23. The van der Waals surface area contributed by atoms with Crippen LogP contribution in [-0.2, 0) is 27.4 Å². The van der Waals surface area contributed by atoms with Crippen molar-refractivity contribution in [3.63, 3.8) is 0 Å². The third-order valence-corrected chi connectivity index (χ3v) is 5.92. The molecule has 0 saturated carbocycles. The summed E-state index contributed by atoms with van der Waals surface area (Å²) in [5.41, 5.74) is 2.16. The van der Waals surface area contributed by atoms with Crippen molar-refractivity contribution >= 4 is 34.0 Å². The largest absolute Gasteiger partial charge is 0.495 e. The summed E-state index contributed by atoms with van der Waals surface area (Å²) in [5, 5.41) is 2.25. The van der Waals surface area contributed by atoms with Crippen molar-refractivity contribution in [1.82, 2.24) is 4.98 Å². The number of ether oxygens (including phenoxy) is 2. The van der Waals surface area contributed by atoms with Crippen LogP contribution >= 0.6 is 11.3 Å². The molecule has 2 aromatic heterocycles. The van der Waals surface area contributed by atoms with Crippen LogP contribution in [0.4, 0.5) is 10.8 Å². The first-order valence-corrected chi connectivity index (χ1v) is 11.6. The summed E-state index contributed by atoms with van der Waals surface area (Å²) in [6.07, 6.45) is 0.638. The highest BCUT2D eigenvalue weighted by Gasteiger charge is 2.21. The minimum atomic E-state index is -0.347. The first-order valence-electron chi connectivity index (χ1n) is 10.7. The van der Waals surface area contributed by atoms with E-state index in [9.17, 15) is 9.59 Å². The van der Waals surface area contributed by atoms with Crippen molar-refractivity contribution in [2.45, 2.75) is 26.4 Å². The smallest absolute Gasteiger partial charge is 0.306 e. The summed E-state index contributed by atoms with van der Waals surface area (Å²) in [7, 11) is 1.55. The number of carbonyl (C=O) groups excluding carboxylic acids is 2. The second kappa shape index (κ2) is 10.8. The molecular formula is C26H24N2O5S. The molecule has 0 aliphatic heterocycles. The van der Waals surface area contributed by atoms with E-state index in [4.69, 9.17) is 13.9 Å². The van der Waals surface area contributed by atoms with Gasteiger partial charge >= 0.3 is 5.97 Å². The van der Waals surface area contributed by atoms with Gasteiger partial charge in [0, 0.05) is 24.3 Å². The van der Waals surface area contributed by atoms with Crippen LogP contribution in [0, 0.1) is 0 Å². The fourth-order valence-electron chi connectivity index (χ4n) is 3.41. The number of thiazole rings is 1. The predicted octanol–water partition coefficient (Wildman–Crippen LogP) is 5.77. The zero-order chi connectivity index (χ0) is 23.9. The SMILES string of the molecule is COc1ccccc1N(C(C)=O)c1nc(COC(=O)CCc2ccc(-c3ccccc3)o2)cs1. The second-order valence-electron chi connectivity index (χ2n) is 7.44. The van der Waals surface area contributed by atoms with E-state index in [1.807, 2.05) is 54.6 Å². The van der Waals surface area contributed by atoms with Crippen molar-refractivity contribution in [2.75, 3.05) is 12.0 Å². The van der Waals surface area contributed by atoms with Gasteiger partial charge < -0.3 is 13.9 Å². The van der Waals surface area contributed by atoms with Crippen molar-refractivity contribution in [1.29, 1.82) is 0 Å². The van der Waals surface area contributed by atoms with Crippen LogP contribution in [0.2, 0.25) is 0 Å². The maximum Gasteiger partial charge on any atom is 0.306 e. The Kier molecular flexibility index (Phi) is 7.39. The molecule has 4 aromatic rings. The number of aromatic nitrogens is 1. The van der Waals surface area contributed by atoms with E-state index in [1.165, 1.54) is 23.2 Å². The number of aryl methyl sites for hydroxylation is 1. The molecule has 0 bridgehead atoms. The quantitative estimate of drug-likeness (QED) is 0.285. The molecule has 0 saturated heterocycles. The summed E-state index contributed by atoms with van der Waals surface area (Å²) >= 11 is 1.29. The van der Waals surface area contributed by atoms with Crippen molar-refractivity contribution < 1.29 is 23.5 Å². The molecule has 174 valence electrons. The molecule has 0 aliphatic rings. The molecule has 1 amide bonds. The predicted molar refractivity (Wildman–Crippen MR) is 130 cm³/mol. The molecule has 0 fully saturated rings. The molecule has 0 N–H and O–H groups in total. The monoisotopic (exact) mass is 476 g/mol. The summed E-state index contributed by atoms with van der Waals surface area (Å²) in [4.78, 5) is 30.6. The Labute approximate surface area is 201 Å². The Balaban J connectivity index is 1.33. The number of hydrogen-bond donors (Lipinski definition) is 0. The van der Waals surface area contributed by atoms with Crippen molar-refractivity contribution in [2.24, 2.45) is 0 Å². The van der Waals surface area contributed by atoms with E-state index in [-0.39, 0.29) is 24.9 Å². The first kappa shape index (κ1) is 23.3. The number of furan rings is 1. The van der Waals surface area contributed by atoms with Crippen LogP contribution in [0.3, 0.4) is 0 Å². The lowest BCUT2D eigenvalue weighted by molar-refractivity contribution is -0.145. The lowest BCUT2D eigenvalue weighted by atomic mass is 10.2. The highest BCUT2D eigenvalue weighted by Crippen LogP contribution is 2.35. The van der Waals surface area contributed by atoms with Gasteiger partial charge in [0.25, 0.3) is 0 Å². The zero-order valence-electron chi connectivity index (χ0n) is 18.9. The molecule has 0 spiro atoms. The highest BCUT2D eigenvalue weighted by molar-refractivity contribution is 7.14. The maximum atomic E-state index is 12.3. The van der Waals surface area contributed by atoms with Crippen LogP contribution in [0.15, 0.2) is 76.5 Å². The Hall–Kier alpha value is -3.91. The van der Waals surface area contributed by atoms with E-state index in [2.05, 4.69) is 4.98 Å². The molecule has 8 heteroatoms. The Morgan fingerprint density at radius 2 is 1.79 bits per heavy atom. The number of hydrogen-bond acceptors (Lipinski definition) is 7. The molecule has 0 unspecified atom stereocenters. The molecule has 2 aromatic carbocycles. The van der Waals surface area contributed by atoms with E-state index >= 15 is 0 Å². The summed E-state index contributed by atoms with van der Waals surface area (Å²) in [6, 6.07) is 20.8. The van der Waals surface area contributed by atoms with Gasteiger partial charge in [0.2, 0.25) is 5.91 Å². The van der Waals surface area contributed by atoms with E-state index < -0.39 is 0 Å². The fourth-order valence-corrected chi connectivity index (χ4v) is 4.27. The normalized spacial score (nSPS) is 10.6. The van der Waals surface area contributed by atoms with Crippen LogP contribution in [0.5, 0.6) is 5.75 Å². The Morgan fingerprint density at radius 1 is 1.03 bits per heavy atom. The average molecular weight is 477 g/mol. The van der Waals surface area contributed by atoms with Gasteiger partial charge in [0.1, 0.15) is 23.9 Å². The Bertz CT molecular complexity index is 1260. The first-order chi connectivity index (χ1) is 16.5. The van der Waals surface area contributed by atoms with E-state index in [0.717, 1.165) is 17.1 Å². The molecule has 34 heavy (non-hydrogen) atoms. The van der Waals surface area contributed by atoms with Crippen molar-refractivity contribution in [3.05, 3.63) is 83.6 Å². The number of esters is 1. The summed E-state index contributed by atoms with van der Waals surface area (Å²) < 4.78 is 16.6. The van der Waals surface area contributed by atoms with Gasteiger partial charge in [-0.2, -0.15) is 0 Å². The molecular weight excluding hydrogens is 452 g/mol. The average Bonchev–Trinajstić information content (AvgIpc) is 3.52. The van der Waals surface area contributed by atoms with Gasteiger partial charge in [-0.1, -0.05) is 42.5 Å². The molecule has 0 aliphatic carbocycles. The van der Waals surface area contributed by atoms with E-state index in [0.29, 0.717) is 28.7 Å². The second-order valence-corrected chi connectivity index (χ2v) is 8.28. The molecule has 0 atom stereocenters. The number of rotatable bonds is 9. The third kappa shape index (κ3) is 5.52. The fraction of sp³-hybridized carbons (Fsp3) is 0.192.